The molecular formula is C15H23FN2. The minimum Gasteiger partial charge on any atom is -0.370 e. The minimum atomic E-state index is -0.148. The average Bonchev–Trinajstić information content (AvgIpc) is 2.54. The highest BCUT2D eigenvalue weighted by Crippen LogP contribution is 2.19. The van der Waals surface area contributed by atoms with Crippen molar-refractivity contribution in [1.29, 1.82) is 0 Å². The Balaban J connectivity index is 2.07. The van der Waals surface area contributed by atoms with E-state index in [-0.39, 0.29) is 5.82 Å². The van der Waals surface area contributed by atoms with Crippen LogP contribution in [0, 0.1) is 11.7 Å². The Labute approximate surface area is 109 Å². The third kappa shape index (κ3) is 3.70. The van der Waals surface area contributed by atoms with Crippen LogP contribution in [-0.4, -0.2) is 25.7 Å². The second kappa shape index (κ2) is 6.19. The quantitative estimate of drug-likeness (QED) is 0.887. The van der Waals surface area contributed by atoms with E-state index in [0.717, 1.165) is 31.7 Å². The summed E-state index contributed by atoms with van der Waals surface area (Å²) in [5.74, 6) is 0.542. The number of benzene rings is 1. The summed E-state index contributed by atoms with van der Waals surface area (Å²) in [5, 5.41) is 3.59. The molecule has 100 valence electrons. The van der Waals surface area contributed by atoms with E-state index in [1.165, 1.54) is 12.5 Å². The molecule has 1 aliphatic rings. The van der Waals surface area contributed by atoms with Gasteiger partial charge in [0, 0.05) is 24.8 Å². The largest absolute Gasteiger partial charge is 0.370 e. The maximum absolute atomic E-state index is 13.3. The van der Waals surface area contributed by atoms with Crippen molar-refractivity contribution in [3.05, 3.63) is 30.1 Å². The van der Waals surface area contributed by atoms with Gasteiger partial charge in [0.05, 0.1) is 0 Å². The van der Waals surface area contributed by atoms with Crippen LogP contribution in [0.25, 0.3) is 0 Å². The fraction of sp³-hybridized carbons (Fsp3) is 0.600. The van der Waals surface area contributed by atoms with Crippen LogP contribution in [0.1, 0.15) is 26.7 Å². The highest BCUT2D eigenvalue weighted by atomic mass is 19.1. The van der Waals surface area contributed by atoms with Crippen LogP contribution in [0.15, 0.2) is 24.3 Å². The lowest BCUT2D eigenvalue weighted by molar-refractivity contribution is 0.436. The van der Waals surface area contributed by atoms with Crippen molar-refractivity contribution >= 4 is 5.69 Å². The molecule has 0 spiro atoms. The molecule has 1 atom stereocenters. The molecule has 1 aliphatic heterocycles. The van der Waals surface area contributed by atoms with Crippen molar-refractivity contribution in [2.45, 2.75) is 32.7 Å². The molecule has 0 bridgehead atoms. The van der Waals surface area contributed by atoms with Crippen LogP contribution >= 0.6 is 0 Å². The Morgan fingerprint density at radius 1 is 1.44 bits per heavy atom. The van der Waals surface area contributed by atoms with Crippen molar-refractivity contribution in [2.24, 2.45) is 5.92 Å². The molecule has 1 unspecified atom stereocenters. The molecule has 1 heterocycles. The number of nitrogens with one attached hydrogen (secondary N) is 1. The number of rotatable bonds is 3. The second-order valence-corrected chi connectivity index (χ2v) is 5.56. The van der Waals surface area contributed by atoms with E-state index in [4.69, 9.17) is 0 Å². The van der Waals surface area contributed by atoms with E-state index in [1.807, 2.05) is 6.07 Å². The molecule has 0 aromatic heterocycles. The fourth-order valence-corrected chi connectivity index (χ4v) is 2.63. The monoisotopic (exact) mass is 250 g/mol. The predicted molar refractivity (Wildman–Crippen MR) is 74.5 cm³/mol. The Morgan fingerprint density at radius 2 is 2.28 bits per heavy atom. The van der Waals surface area contributed by atoms with Crippen molar-refractivity contribution in [3.63, 3.8) is 0 Å². The van der Waals surface area contributed by atoms with E-state index in [9.17, 15) is 4.39 Å². The van der Waals surface area contributed by atoms with Crippen molar-refractivity contribution < 1.29 is 4.39 Å². The summed E-state index contributed by atoms with van der Waals surface area (Å²) in [6.45, 7) is 7.54. The lowest BCUT2D eigenvalue weighted by Gasteiger charge is -2.27. The van der Waals surface area contributed by atoms with E-state index in [0.29, 0.717) is 12.0 Å². The second-order valence-electron chi connectivity index (χ2n) is 5.56. The molecule has 2 nitrogen and oxygen atoms in total. The van der Waals surface area contributed by atoms with Gasteiger partial charge >= 0.3 is 0 Å². The third-order valence-electron chi connectivity index (χ3n) is 3.41. The lowest BCUT2D eigenvalue weighted by Crippen LogP contribution is -2.38. The van der Waals surface area contributed by atoms with Gasteiger partial charge in [-0.05, 0) is 43.5 Å². The minimum absolute atomic E-state index is 0.148. The van der Waals surface area contributed by atoms with Gasteiger partial charge in [-0.25, -0.2) is 4.39 Å². The standard InChI is InChI=1S/C15H23FN2/c1-12(2)9-14-11-18(8-4-7-17-14)15-6-3-5-13(16)10-15/h3,5-6,10,12,14,17H,4,7-9,11H2,1-2H3. The highest BCUT2D eigenvalue weighted by Gasteiger charge is 2.18. The van der Waals surface area contributed by atoms with Crippen molar-refractivity contribution in [2.75, 3.05) is 24.5 Å². The van der Waals surface area contributed by atoms with Crippen molar-refractivity contribution in [1.82, 2.24) is 5.32 Å². The number of anilines is 1. The van der Waals surface area contributed by atoms with Gasteiger partial charge in [-0.15, -0.1) is 0 Å². The third-order valence-corrected chi connectivity index (χ3v) is 3.41. The first-order chi connectivity index (χ1) is 8.65. The molecule has 3 heteroatoms. The summed E-state index contributed by atoms with van der Waals surface area (Å²) in [7, 11) is 0. The van der Waals surface area contributed by atoms with Crippen LogP contribution in [0.3, 0.4) is 0 Å². The first-order valence-electron chi connectivity index (χ1n) is 6.89. The van der Waals surface area contributed by atoms with Gasteiger partial charge in [0.2, 0.25) is 0 Å². The van der Waals surface area contributed by atoms with Crippen LogP contribution in [0.4, 0.5) is 10.1 Å². The Morgan fingerprint density at radius 3 is 3.00 bits per heavy atom. The molecule has 1 saturated heterocycles. The maximum atomic E-state index is 13.3. The Bertz CT molecular complexity index is 379. The van der Waals surface area contributed by atoms with Crippen molar-refractivity contribution in [3.8, 4) is 0 Å². The average molecular weight is 250 g/mol. The van der Waals surface area contributed by atoms with Gasteiger partial charge in [-0.1, -0.05) is 19.9 Å². The summed E-state index contributed by atoms with van der Waals surface area (Å²) in [6, 6.07) is 7.44. The lowest BCUT2D eigenvalue weighted by atomic mass is 10.0. The van der Waals surface area contributed by atoms with E-state index in [2.05, 4.69) is 24.1 Å². The molecule has 1 fully saturated rings. The molecule has 1 N–H and O–H groups in total. The van der Waals surface area contributed by atoms with Crippen LogP contribution in [-0.2, 0) is 0 Å². The fourth-order valence-electron chi connectivity index (χ4n) is 2.63. The first-order valence-corrected chi connectivity index (χ1v) is 6.89. The zero-order valence-electron chi connectivity index (χ0n) is 11.3. The van der Waals surface area contributed by atoms with Gasteiger partial charge in [0.1, 0.15) is 5.82 Å². The molecule has 0 amide bonds. The molecule has 2 rings (SSSR count). The number of halogens is 1. The number of hydrogen-bond acceptors (Lipinski definition) is 2. The summed E-state index contributed by atoms with van der Waals surface area (Å²) < 4.78 is 13.3. The van der Waals surface area contributed by atoms with Crippen LogP contribution in [0.5, 0.6) is 0 Å². The van der Waals surface area contributed by atoms with Gasteiger partial charge in [0.15, 0.2) is 0 Å². The highest BCUT2D eigenvalue weighted by molar-refractivity contribution is 5.46. The molecule has 1 aromatic rings. The predicted octanol–water partition coefficient (Wildman–Crippen LogP) is 3.04. The summed E-state index contributed by atoms with van der Waals surface area (Å²) in [5.41, 5.74) is 1.01. The molecule has 0 radical (unpaired) electrons. The molecule has 0 saturated carbocycles. The molecule has 1 aromatic carbocycles. The maximum Gasteiger partial charge on any atom is 0.125 e. The molecular weight excluding hydrogens is 227 g/mol. The number of hydrogen-bond donors (Lipinski definition) is 1. The topological polar surface area (TPSA) is 15.3 Å². The van der Waals surface area contributed by atoms with E-state index in [1.54, 1.807) is 12.1 Å². The zero-order chi connectivity index (χ0) is 13.0. The van der Waals surface area contributed by atoms with E-state index >= 15 is 0 Å². The van der Waals surface area contributed by atoms with E-state index < -0.39 is 0 Å². The summed E-state index contributed by atoms with van der Waals surface area (Å²) in [6.07, 6.45) is 2.29. The summed E-state index contributed by atoms with van der Waals surface area (Å²) in [4.78, 5) is 2.30. The Hall–Kier alpha value is -1.09. The smallest absolute Gasteiger partial charge is 0.125 e. The molecule has 0 aliphatic carbocycles. The van der Waals surface area contributed by atoms with Crippen LogP contribution in [0.2, 0.25) is 0 Å². The summed E-state index contributed by atoms with van der Waals surface area (Å²) >= 11 is 0. The van der Waals surface area contributed by atoms with Gasteiger partial charge < -0.3 is 10.2 Å². The van der Waals surface area contributed by atoms with Crippen LogP contribution < -0.4 is 10.2 Å². The first kappa shape index (κ1) is 13.3. The van der Waals surface area contributed by atoms with Gasteiger partial charge in [-0.3, -0.25) is 0 Å². The SMILES string of the molecule is CC(C)CC1CN(c2cccc(F)c2)CCCN1. The normalized spacial score (nSPS) is 21.1. The zero-order valence-corrected chi connectivity index (χ0v) is 11.3. The van der Waals surface area contributed by atoms with Gasteiger partial charge in [-0.2, -0.15) is 0 Å². The van der Waals surface area contributed by atoms with Gasteiger partial charge in [0.25, 0.3) is 0 Å². The molecule has 18 heavy (non-hydrogen) atoms. The Kier molecular flexibility index (Phi) is 4.59. The number of nitrogens with zero attached hydrogens (tertiary/aromatic N) is 1.